The minimum absolute atomic E-state index is 0.602. The second-order valence-corrected chi connectivity index (χ2v) is 4.94. The zero-order chi connectivity index (χ0) is 13.5. The van der Waals surface area contributed by atoms with Crippen molar-refractivity contribution in [2.75, 3.05) is 36.7 Å². The lowest BCUT2D eigenvalue weighted by Gasteiger charge is -2.23. The molecule has 0 radical (unpaired) electrons. The van der Waals surface area contributed by atoms with Gasteiger partial charge in [-0.2, -0.15) is 0 Å². The van der Waals surface area contributed by atoms with Crippen LogP contribution in [0.25, 0.3) is 0 Å². The highest BCUT2D eigenvalue weighted by Crippen LogP contribution is 2.41. The zero-order valence-electron chi connectivity index (χ0n) is 11.2. The quantitative estimate of drug-likeness (QED) is 0.794. The number of pyridine rings is 1. The molecule has 1 aromatic carbocycles. The summed E-state index contributed by atoms with van der Waals surface area (Å²) < 4.78 is 11.2. The van der Waals surface area contributed by atoms with E-state index in [1.165, 1.54) is 0 Å². The fraction of sp³-hybridized carbons (Fsp3) is 0.267. The molecule has 0 fully saturated rings. The number of benzene rings is 1. The van der Waals surface area contributed by atoms with Gasteiger partial charge in [0.2, 0.25) is 0 Å². The van der Waals surface area contributed by atoms with Gasteiger partial charge in [0.25, 0.3) is 0 Å². The van der Waals surface area contributed by atoms with Crippen LogP contribution in [0.15, 0.2) is 36.5 Å². The fourth-order valence-corrected chi connectivity index (χ4v) is 2.65. The molecule has 20 heavy (non-hydrogen) atoms. The molecule has 0 amide bonds. The van der Waals surface area contributed by atoms with Crippen molar-refractivity contribution in [3.63, 3.8) is 0 Å². The smallest absolute Gasteiger partial charge is 0.163 e. The number of aromatic nitrogens is 1. The van der Waals surface area contributed by atoms with Crippen LogP contribution >= 0.6 is 0 Å². The standard InChI is InChI=1S/C15H15N3O2/c1-17-10-18(15-12(17)3-2-6-16-15)11-4-5-13-14(9-11)20-8-7-19-13/h2-6,9H,7-8,10H2,1H3. The lowest BCUT2D eigenvalue weighted by molar-refractivity contribution is 0.171. The van der Waals surface area contributed by atoms with Crippen LogP contribution in [0.5, 0.6) is 11.5 Å². The molecule has 3 heterocycles. The summed E-state index contributed by atoms with van der Waals surface area (Å²) in [6.07, 6.45) is 1.82. The lowest BCUT2D eigenvalue weighted by Crippen LogP contribution is -2.24. The van der Waals surface area contributed by atoms with Crippen molar-refractivity contribution in [3.05, 3.63) is 36.5 Å². The van der Waals surface area contributed by atoms with E-state index in [1.807, 2.05) is 30.5 Å². The maximum atomic E-state index is 5.65. The van der Waals surface area contributed by atoms with Gasteiger partial charge in [-0.15, -0.1) is 0 Å². The van der Waals surface area contributed by atoms with E-state index in [-0.39, 0.29) is 0 Å². The fourth-order valence-electron chi connectivity index (χ4n) is 2.65. The van der Waals surface area contributed by atoms with Crippen molar-refractivity contribution in [2.45, 2.75) is 0 Å². The molecular formula is C15H15N3O2. The van der Waals surface area contributed by atoms with Crippen molar-refractivity contribution >= 4 is 17.2 Å². The van der Waals surface area contributed by atoms with E-state index in [1.54, 1.807) is 0 Å². The molecule has 5 heteroatoms. The van der Waals surface area contributed by atoms with Crippen molar-refractivity contribution in [2.24, 2.45) is 0 Å². The summed E-state index contributed by atoms with van der Waals surface area (Å²) in [5.74, 6) is 2.60. The molecule has 2 aliphatic rings. The Morgan fingerprint density at radius 3 is 2.85 bits per heavy atom. The first-order valence-corrected chi connectivity index (χ1v) is 6.66. The normalized spacial score (nSPS) is 16.2. The van der Waals surface area contributed by atoms with E-state index in [0.29, 0.717) is 13.2 Å². The second-order valence-electron chi connectivity index (χ2n) is 4.94. The number of rotatable bonds is 1. The van der Waals surface area contributed by atoms with Gasteiger partial charge in [-0.3, -0.25) is 0 Å². The van der Waals surface area contributed by atoms with Crippen LogP contribution < -0.4 is 19.3 Å². The summed E-state index contributed by atoms with van der Waals surface area (Å²) in [4.78, 5) is 8.85. The summed E-state index contributed by atoms with van der Waals surface area (Å²) >= 11 is 0. The molecule has 0 unspecified atom stereocenters. The van der Waals surface area contributed by atoms with Crippen LogP contribution in [0.3, 0.4) is 0 Å². The number of anilines is 3. The van der Waals surface area contributed by atoms with Crippen molar-refractivity contribution in [1.82, 2.24) is 4.98 Å². The van der Waals surface area contributed by atoms with Crippen LogP contribution in [0.2, 0.25) is 0 Å². The molecule has 0 aliphatic carbocycles. The maximum Gasteiger partial charge on any atom is 0.163 e. The molecular weight excluding hydrogens is 254 g/mol. The Kier molecular flexibility index (Phi) is 2.45. The molecule has 0 saturated heterocycles. The molecule has 2 aliphatic heterocycles. The Labute approximate surface area is 117 Å². The SMILES string of the molecule is CN1CN(c2ccc3c(c2)OCCO3)c2ncccc21. The van der Waals surface area contributed by atoms with E-state index in [0.717, 1.165) is 35.4 Å². The minimum atomic E-state index is 0.602. The highest BCUT2D eigenvalue weighted by atomic mass is 16.6. The summed E-state index contributed by atoms with van der Waals surface area (Å²) in [5, 5.41) is 0. The van der Waals surface area contributed by atoms with E-state index in [9.17, 15) is 0 Å². The number of ether oxygens (including phenoxy) is 2. The zero-order valence-corrected chi connectivity index (χ0v) is 11.2. The maximum absolute atomic E-state index is 5.65. The van der Waals surface area contributed by atoms with Gasteiger partial charge in [-0.25, -0.2) is 4.98 Å². The van der Waals surface area contributed by atoms with E-state index in [4.69, 9.17) is 9.47 Å². The van der Waals surface area contributed by atoms with Crippen molar-refractivity contribution in [3.8, 4) is 11.5 Å². The number of hydrogen-bond donors (Lipinski definition) is 0. The monoisotopic (exact) mass is 269 g/mol. The van der Waals surface area contributed by atoms with Gasteiger partial charge in [0.15, 0.2) is 17.3 Å². The first-order valence-electron chi connectivity index (χ1n) is 6.66. The topological polar surface area (TPSA) is 37.8 Å². The molecule has 0 atom stereocenters. The van der Waals surface area contributed by atoms with E-state index < -0.39 is 0 Å². The van der Waals surface area contributed by atoms with Gasteiger partial charge >= 0.3 is 0 Å². The Morgan fingerprint density at radius 1 is 1.10 bits per heavy atom. The van der Waals surface area contributed by atoms with Gasteiger partial charge < -0.3 is 19.3 Å². The first-order chi connectivity index (χ1) is 9.83. The third-order valence-electron chi connectivity index (χ3n) is 3.62. The predicted octanol–water partition coefficient (Wildman–Crippen LogP) is 2.40. The molecule has 0 saturated carbocycles. The summed E-state index contributed by atoms with van der Waals surface area (Å²) in [6.45, 7) is 2.00. The summed E-state index contributed by atoms with van der Waals surface area (Å²) in [7, 11) is 2.07. The largest absolute Gasteiger partial charge is 0.486 e. The number of nitrogens with zero attached hydrogens (tertiary/aromatic N) is 3. The first kappa shape index (κ1) is 11.4. The molecule has 2 aromatic rings. The second kappa shape index (κ2) is 4.30. The van der Waals surface area contributed by atoms with Gasteiger partial charge in [-0.05, 0) is 24.3 Å². The van der Waals surface area contributed by atoms with Crippen molar-refractivity contribution < 1.29 is 9.47 Å². The summed E-state index contributed by atoms with van der Waals surface area (Å²) in [5.41, 5.74) is 2.21. The Bertz CT molecular complexity index is 659. The lowest BCUT2D eigenvalue weighted by atomic mass is 10.2. The Balaban J connectivity index is 1.75. The van der Waals surface area contributed by atoms with Crippen LogP contribution in [-0.2, 0) is 0 Å². The predicted molar refractivity (Wildman–Crippen MR) is 77.1 cm³/mol. The molecule has 0 bridgehead atoms. The van der Waals surface area contributed by atoms with E-state index >= 15 is 0 Å². The van der Waals surface area contributed by atoms with Gasteiger partial charge in [0, 0.05) is 25.0 Å². The van der Waals surface area contributed by atoms with Gasteiger partial charge in [0.1, 0.15) is 13.2 Å². The van der Waals surface area contributed by atoms with Crippen molar-refractivity contribution in [1.29, 1.82) is 0 Å². The van der Waals surface area contributed by atoms with Crippen LogP contribution in [0, 0.1) is 0 Å². The molecule has 0 N–H and O–H groups in total. The molecule has 0 spiro atoms. The number of hydrogen-bond acceptors (Lipinski definition) is 5. The van der Waals surface area contributed by atoms with Crippen LogP contribution in [0.1, 0.15) is 0 Å². The molecule has 102 valence electrons. The molecule has 1 aromatic heterocycles. The third kappa shape index (κ3) is 1.66. The third-order valence-corrected chi connectivity index (χ3v) is 3.62. The van der Waals surface area contributed by atoms with Gasteiger partial charge in [0.05, 0.1) is 12.4 Å². The average molecular weight is 269 g/mol. The number of fused-ring (bicyclic) bond motifs is 2. The highest BCUT2D eigenvalue weighted by Gasteiger charge is 2.26. The van der Waals surface area contributed by atoms with Crippen LogP contribution in [0.4, 0.5) is 17.2 Å². The average Bonchev–Trinajstić information content (AvgIpc) is 2.85. The Hall–Kier alpha value is -2.43. The Morgan fingerprint density at radius 2 is 1.95 bits per heavy atom. The molecule has 4 rings (SSSR count). The van der Waals surface area contributed by atoms with E-state index in [2.05, 4.69) is 27.9 Å². The molecule has 5 nitrogen and oxygen atoms in total. The minimum Gasteiger partial charge on any atom is -0.486 e. The van der Waals surface area contributed by atoms with Gasteiger partial charge in [-0.1, -0.05) is 0 Å². The van der Waals surface area contributed by atoms with Crippen LogP contribution in [-0.4, -0.2) is 31.9 Å². The highest BCUT2D eigenvalue weighted by molar-refractivity contribution is 5.79. The summed E-state index contributed by atoms with van der Waals surface area (Å²) in [6, 6.07) is 10.1.